The summed E-state index contributed by atoms with van der Waals surface area (Å²) in [7, 11) is 1.56. The van der Waals surface area contributed by atoms with Gasteiger partial charge in [0, 0.05) is 22.7 Å². The normalized spacial score (nSPS) is 10.5. The summed E-state index contributed by atoms with van der Waals surface area (Å²) in [6.45, 7) is -0.301. The summed E-state index contributed by atoms with van der Waals surface area (Å²) in [6.07, 6.45) is 1.59. The molecule has 0 aliphatic heterocycles. The molecule has 0 spiro atoms. The van der Waals surface area contributed by atoms with Gasteiger partial charge in [-0.3, -0.25) is 4.79 Å². The number of esters is 1. The molecule has 116 valence electrons. The van der Waals surface area contributed by atoms with Gasteiger partial charge in [0.15, 0.2) is 12.4 Å². The minimum atomic E-state index is -0.524. The monoisotopic (exact) mass is 309 g/mol. The predicted octanol–water partition coefficient (Wildman–Crippen LogP) is 3.22. The number of carbonyl (C=O) groups is 2. The molecule has 1 heterocycles. The van der Waals surface area contributed by atoms with E-state index < -0.39 is 5.97 Å². The van der Waals surface area contributed by atoms with Gasteiger partial charge in [-0.05, 0) is 30.3 Å². The van der Waals surface area contributed by atoms with E-state index in [0.29, 0.717) is 16.9 Å². The first-order valence-corrected chi connectivity index (χ1v) is 7.09. The van der Waals surface area contributed by atoms with Crippen LogP contribution in [0.5, 0.6) is 5.75 Å². The number of nitrogens with one attached hydrogen (secondary N) is 1. The molecular weight excluding hydrogens is 294 g/mol. The summed E-state index contributed by atoms with van der Waals surface area (Å²) < 4.78 is 10.2. The van der Waals surface area contributed by atoms with Crippen LogP contribution in [-0.2, 0) is 4.74 Å². The lowest BCUT2D eigenvalue weighted by atomic mass is 10.1. The highest BCUT2D eigenvalue weighted by atomic mass is 16.5. The number of hydrogen-bond acceptors (Lipinski definition) is 4. The van der Waals surface area contributed by atoms with E-state index in [2.05, 4.69) is 4.98 Å². The maximum Gasteiger partial charge on any atom is 0.340 e. The zero-order valence-corrected chi connectivity index (χ0v) is 12.5. The topological polar surface area (TPSA) is 68.4 Å². The number of carbonyl (C=O) groups excluding carboxylic acids is 2. The van der Waals surface area contributed by atoms with Gasteiger partial charge in [0.1, 0.15) is 5.75 Å². The van der Waals surface area contributed by atoms with E-state index in [9.17, 15) is 9.59 Å². The van der Waals surface area contributed by atoms with E-state index in [4.69, 9.17) is 9.47 Å². The second-order valence-electron chi connectivity index (χ2n) is 4.98. The molecule has 1 aromatic heterocycles. The quantitative estimate of drug-likeness (QED) is 0.580. The first-order valence-electron chi connectivity index (χ1n) is 7.09. The number of para-hydroxylation sites is 1. The minimum Gasteiger partial charge on any atom is -0.497 e. The van der Waals surface area contributed by atoms with E-state index >= 15 is 0 Å². The Morgan fingerprint density at radius 2 is 1.78 bits per heavy atom. The van der Waals surface area contributed by atoms with Crippen molar-refractivity contribution in [3.63, 3.8) is 0 Å². The number of Topliss-reactive ketones (excluding diaryl/α,β-unsaturated/α-hetero) is 1. The van der Waals surface area contributed by atoms with Gasteiger partial charge in [0.2, 0.25) is 0 Å². The highest BCUT2D eigenvalue weighted by Gasteiger charge is 2.15. The number of aromatic amines is 1. The van der Waals surface area contributed by atoms with Crippen molar-refractivity contribution in [3.8, 4) is 5.75 Å². The number of aromatic nitrogens is 1. The Labute approximate surface area is 132 Å². The van der Waals surface area contributed by atoms with Crippen molar-refractivity contribution >= 4 is 22.7 Å². The lowest BCUT2D eigenvalue weighted by Gasteiger charge is -2.05. The fourth-order valence-electron chi connectivity index (χ4n) is 2.31. The minimum absolute atomic E-state index is 0.263. The maximum atomic E-state index is 12.1. The second-order valence-corrected chi connectivity index (χ2v) is 4.98. The molecule has 3 rings (SSSR count). The molecule has 2 aromatic carbocycles. The maximum absolute atomic E-state index is 12.1. The van der Waals surface area contributed by atoms with Crippen LogP contribution in [0.4, 0.5) is 0 Å². The third-order valence-corrected chi connectivity index (χ3v) is 3.56. The first kappa shape index (κ1) is 14.8. The van der Waals surface area contributed by atoms with Gasteiger partial charge in [-0.25, -0.2) is 4.79 Å². The molecule has 0 bridgehead atoms. The summed E-state index contributed by atoms with van der Waals surface area (Å²) in [5, 5.41) is 0.773. The van der Waals surface area contributed by atoms with Crippen LogP contribution in [0, 0.1) is 0 Å². The van der Waals surface area contributed by atoms with Crippen molar-refractivity contribution in [2.45, 2.75) is 0 Å². The number of rotatable bonds is 5. The Morgan fingerprint density at radius 1 is 1.04 bits per heavy atom. The zero-order valence-electron chi connectivity index (χ0n) is 12.5. The lowest BCUT2D eigenvalue weighted by molar-refractivity contribution is 0.0476. The fraction of sp³-hybridized carbons (Fsp3) is 0.111. The van der Waals surface area contributed by atoms with Crippen molar-refractivity contribution < 1.29 is 19.1 Å². The van der Waals surface area contributed by atoms with Crippen molar-refractivity contribution in [3.05, 3.63) is 65.9 Å². The van der Waals surface area contributed by atoms with Gasteiger partial charge in [-0.15, -0.1) is 0 Å². The van der Waals surface area contributed by atoms with Crippen LogP contribution in [-0.4, -0.2) is 30.5 Å². The largest absolute Gasteiger partial charge is 0.497 e. The van der Waals surface area contributed by atoms with Gasteiger partial charge >= 0.3 is 5.97 Å². The highest BCUT2D eigenvalue weighted by Crippen LogP contribution is 2.18. The molecule has 0 aliphatic rings. The molecule has 3 aromatic rings. The average molecular weight is 309 g/mol. The third-order valence-electron chi connectivity index (χ3n) is 3.56. The Bertz CT molecular complexity index is 849. The van der Waals surface area contributed by atoms with Crippen molar-refractivity contribution in [2.75, 3.05) is 13.7 Å². The fourth-order valence-corrected chi connectivity index (χ4v) is 2.31. The Kier molecular flexibility index (Phi) is 4.10. The number of hydrogen-bond donors (Lipinski definition) is 1. The Balaban J connectivity index is 1.67. The Morgan fingerprint density at radius 3 is 2.52 bits per heavy atom. The third kappa shape index (κ3) is 3.08. The number of benzene rings is 2. The number of ether oxygens (including phenoxy) is 2. The molecule has 1 N–H and O–H groups in total. The average Bonchev–Trinajstić information content (AvgIpc) is 3.03. The van der Waals surface area contributed by atoms with E-state index in [0.717, 1.165) is 10.9 Å². The summed E-state index contributed by atoms with van der Waals surface area (Å²) in [5.41, 5.74) is 1.74. The zero-order chi connectivity index (χ0) is 16.2. The van der Waals surface area contributed by atoms with Gasteiger partial charge in [0.05, 0.1) is 12.7 Å². The standard InChI is InChI=1S/C18H15NO4/c1-22-13-8-6-12(7-9-13)17(20)11-23-18(21)15-10-19-16-5-3-2-4-14(15)16/h2-10,19H,11H2,1H3. The van der Waals surface area contributed by atoms with Crippen LogP contribution in [0.3, 0.4) is 0 Å². The van der Waals surface area contributed by atoms with Crippen LogP contribution in [0.15, 0.2) is 54.7 Å². The molecule has 0 saturated heterocycles. The molecule has 0 radical (unpaired) electrons. The summed E-state index contributed by atoms with van der Waals surface area (Å²) in [4.78, 5) is 27.2. The van der Waals surface area contributed by atoms with Crippen LogP contribution >= 0.6 is 0 Å². The smallest absolute Gasteiger partial charge is 0.340 e. The van der Waals surface area contributed by atoms with Gasteiger partial charge in [-0.1, -0.05) is 18.2 Å². The van der Waals surface area contributed by atoms with Crippen molar-refractivity contribution in [2.24, 2.45) is 0 Å². The predicted molar refractivity (Wildman–Crippen MR) is 85.9 cm³/mol. The molecule has 0 atom stereocenters. The molecule has 0 fully saturated rings. The van der Waals surface area contributed by atoms with Gasteiger partial charge in [0.25, 0.3) is 0 Å². The number of ketones is 1. The molecule has 5 nitrogen and oxygen atoms in total. The number of methoxy groups -OCH3 is 1. The van der Waals surface area contributed by atoms with Gasteiger partial charge < -0.3 is 14.5 Å². The van der Waals surface area contributed by atoms with Crippen LogP contribution < -0.4 is 4.74 Å². The summed E-state index contributed by atoms with van der Waals surface area (Å²) >= 11 is 0. The number of H-pyrrole nitrogens is 1. The molecular formula is C18H15NO4. The first-order chi connectivity index (χ1) is 11.2. The molecule has 5 heteroatoms. The lowest BCUT2D eigenvalue weighted by Crippen LogP contribution is -2.14. The van der Waals surface area contributed by atoms with Crippen molar-refractivity contribution in [1.29, 1.82) is 0 Å². The molecule has 23 heavy (non-hydrogen) atoms. The molecule has 0 amide bonds. The molecule has 0 saturated carbocycles. The van der Waals surface area contributed by atoms with E-state index in [1.807, 2.05) is 24.3 Å². The highest BCUT2D eigenvalue weighted by molar-refractivity contribution is 6.05. The second kappa shape index (κ2) is 6.36. The van der Waals surface area contributed by atoms with Gasteiger partial charge in [-0.2, -0.15) is 0 Å². The van der Waals surface area contributed by atoms with Crippen molar-refractivity contribution in [1.82, 2.24) is 4.98 Å². The van der Waals surface area contributed by atoms with Crippen LogP contribution in [0.2, 0.25) is 0 Å². The molecule has 0 unspecified atom stereocenters. The van der Waals surface area contributed by atoms with Crippen LogP contribution in [0.1, 0.15) is 20.7 Å². The SMILES string of the molecule is COc1ccc(C(=O)COC(=O)c2c[nH]c3ccccc23)cc1. The Hall–Kier alpha value is -3.08. The van der Waals surface area contributed by atoms with E-state index in [1.165, 1.54) is 0 Å². The van der Waals surface area contributed by atoms with E-state index in [-0.39, 0.29) is 12.4 Å². The van der Waals surface area contributed by atoms with Crippen LogP contribution in [0.25, 0.3) is 10.9 Å². The number of fused-ring (bicyclic) bond motifs is 1. The summed E-state index contributed by atoms with van der Waals surface area (Å²) in [5.74, 6) is -0.123. The summed E-state index contributed by atoms with van der Waals surface area (Å²) in [6, 6.07) is 14.1. The van der Waals surface area contributed by atoms with E-state index in [1.54, 1.807) is 37.6 Å². The molecule has 0 aliphatic carbocycles.